The molecule has 2 saturated carbocycles. The molecule has 0 spiro atoms. The highest BCUT2D eigenvalue weighted by Crippen LogP contribution is 2.41. The van der Waals surface area contributed by atoms with Crippen molar-refractivity contribution in [2.45, 2.75) is 63.1 Å². The first kappa shape index (κ1) is 16.8. The topological polar surface area (TPSA) is 21.7 Å². The molecule has 0 N–H and O–H groups in total. The van der Waals surface area contributed by atoms with Gasteiger partial charge in [0.1, 0.15) is 12.4 Å². The number of ether oxygens (including phenoxy) is 2. The molecule has 1 heterocycles. The van der Waals surface area contributed by atoms with E-state index in [-0.39, 0.29) is 18.2 Å². The Morgan fingerprint density at radius 1 is 1.09 bits per heavy atom. The molecule has 1 aromatic carbocycles. The van der Waals surface area contributed by atoms with Gasteiger partial charge in [-0.15, -0.1) is 12.4 Å². The number of fused-ring (bicyclic) bond motifs is 1. The fourth-order valence-corrected chi connectivity index (χ4v) is 4.05. The van der Waals surface area contributed by atoms with E-state index in [4.69, 9.17) is 9.47 Å². The van der Waals surface area contributed by atoms with Gasteiger partial charge in [-0.3, -0.25) is 4.90 Å². The van der Waals surface area contributed by atoms with Crippen molar-refractivity contribution in [2.24, 2.45) is 0 Å². The number of benzene rings is 1. The van der Waals surface area contributed by atoms with Gasteiger partial charge in [0.25, 0.3) is 0 Å². The third-order valence-electron chi connectivity index (χ3n) is 5.66. The van der Waals surface area contributed by atoms with Crippen molar-refractivity contribution in [1.82, 2.24) is 4.90 Å². The van der Waals surface area contributed by atoms with E-state index in [0.29, 0.717) is 30.5 Å². The van der Waals surface area contributed by atoms with Crippen LogP contribution in [0.4, 0.5) is 4.39 Å². The maximum absolute atomic E-state index is 14.0. The highest BCUT2D eigenvalue weighted by atomic mass is 35.5. The Balaban J connectivity index is 0.00000156. The lowest BCUT2D eigenvalue weighted by Gasteiger charge is -2.51. The summed E-state index contributed by atoms with van der Waals surface area (Å²) in [6, 6.07) is 4.93. The van der Waals surface area contributed by atoms with Crippen molar-refractivity contribution in [3.05, 3.63) is 23.5 Å². The number of methoxy groups -OCH3 is 1. The van der Waals surface area contributed by atoms with E-state index in [2.05, 4.69) is 4.90 Å². The summed E-state index contributed by atoms with van der Waals surface area (Å²) in [7, 11) is 1.65. The summed E-state index contributed by atoms with van der Waals surface area (Å²) < 4.78 is 25.3. The molecule has 0 radical (unpaired) electrons. The molecule has 0 bridgehead atoms. The Bertz CT molecular complexity index is 546. The first-order chi connectivity index (χ1) is 10.8. The summed E-state index contributed by atoms with van der Waals surface area (Å²) in [5.41, 5.74) is 0.905. The average molecular weight is 342 g/mol. The molecule has 3 aliphatic rings. The standard InChI is InChI=1S/C18H24FNO2.ClH/c1-21-17-9-8-16(19)18-15(17)10-14(11-22-18)20(12-4-2-5-12)13-6-3-7-13;/h8-9,12-14H,2-7,10-11H2,1H3;1H. The second-order valence-corrected chi connectivity index (χ2v) is 6.84. The predicted octanol–water partition coefficient (Wildman–Crippen LogP) is 3.97. The van der Waals surface area contributed by atoms with Crippen LogP contribution in [-0.4, -0.2) is 36.7 Å². The van der Waals surface area contributed by atoms with Crippen LogP contribution in [0.25, 0.3) is 0 Å². The fourth-order valence-electron chi connectivity index (χ4n) is 4.05. The molecule has 1 aromatic rings. The monoisotopic (exact) mass is 341 g/mol. The van der Waals surface area contributed by atoms with Gasteiger partial charge in [0.05, 0.1) is 7.11 Å². The molecule has 5 heteroatoms. The van der Waals surface area contributed by atoms with E-state index < -0.39 is 0 Å². The van der Waals surface area contributed by atoms with E-state index in [1.807, 2.05) is 0 Å². The normalized spacial score (nSPS) is 24.0. The number of hydrogen-bond acceptors (Lipinski definition) is 3. The summed E-state index contributed by atoms with van der Waals surface area (Å²) in [6.45, 7) is 0.601. The van der Waals surface area contributed by atoms with E-state index in [0.717, 1.165) is 17.7 Å². The smallest absolute Gasteiger partial charge is 0.165 e. The number of nitrogens with zero attached hydrogens (tertiary/aromatic N) is 1. The highest BCUT2D eigenvalue weighted by molar-refractivity contribution is 5.85. The quantitative estimate of drug-likeness (QED) is 0.827. The number of rotatable bonds is 4. The average Bonchev–Trinajstić information content (AvgIpc) is 2.43. The number of halogens is 2. The Morgan fingerprint density at radius 2 is 1.74 bits per heavy atom. The predicted molar refractivity (Wildman–Crippen MR) is 90.3 cm³/mol. The first-order valence-electron chi connectivity index (χ1n) is 8.53. The van der Waals surface area contributed by atoms with Crippen LogP contribution in [0.2, 0.25) is 0 Å². The van der Waals surface area contributed by atoms with Crippen molar-refractivity contribution >= 4 is 12.4 Å². The zero-order valence-electron chi connectivity index (χ0n) is 13.6. The maximum Gasteiger partial charge on any atom is 0.165 e. The molecule has 128 valence electrons. The molecular formula is C18H25ClFNO2. The third-order valence-corrected chi connectivity index (χ3v) is 5.66. The van der Waals surface area contributed by atoms with Gasteiger partial charge in [-0.05, 0) is 44.2 Å². The molecule has 0 saturated heterocycles. The third kappa shape index (κ3) is 2.91. The van der Waals surface area contributed by atoms with Crippen LogP contribution >= 0.6 is 12.4 Å². The van der Waals surface area contributed by atoms with Gasteiger partial charge in [-0.2, -0.15) is 0 Å². The van der Waals surface area contributed by atoms with Gasteiger partial charge in [-0.25, -0.2) is 4.39 Å². The maximum atomic E-state index is 14.0. The van der Waals surface area contributed by atoms with Gasteiger partial charge >= 0.3 is 0 Å². The molecule has 2 fully saturated rings. The van der Waals surface area contributed by atoms with Gasteiger partial charge in [0.15, 0.2) is 11.6 Å². The zero-order valence-corrected chi connectivity index (χ0v) is 14.4. The van der Waals surface area contributed by atoms with Crippen molar-refractivity contribution in [3.63, 3.8) is 0 Å². The minimum Gasteiger partial charge on any atom is -0.496 e. The van der Waals surface area contributed by atoms with Crippen LogP contribution in [-0.2, 0) is 6.42 Å². The van der Waals surface area contributed by atoms with Crippen molar-refractivity contribution < 1.29 is 13.9 Å². The van der Waals surface area contributed by atoms with Gasteiger partial charge in [-0.1, -0.05) is 12.8 Å². The second kappa shape index (κ2) is 6.86. The number of hydrogen-bond donors (Lipinski definition) is 0. The summed E-state index contributed by atoms with van der Waals surface area (Å²) in [6.07, 6.45) is 8.75. The molecule has 3 nitrogen and oxygen atoms in total. The van der Waals surface area contributed by atoms with E-state index in [1.54, 1.807) is 13.2 Å². The minimum absolute atomic E-state index is 0. The largest absolute Gasteiger partial charge is 0.496 e. The summed E-state index contributed by atoms with van der Waals surface area (Å²) in [5.74, 6) is 0.883. The van der Waals surface area contributed by atoms with E-state index in [9.17, 15) is 4.39 Å². The Morgan fingerprint density at radius 3 is 2.26 bits per heavy atom. The molecule has 0 amide bonds. The molecular weight excluding hydrogens is 317 g/mol. The molecule has 23 heavy (non-hydrogen) atoms. The van der Waals surface area contributed by atoms with Crippen LogP contribution in [0.1, 0.15) is 44.1 Å². The van der Waals surface area contributed by atoms with Crippen LogP contribution in [0.15, 0.2) is 12.1 Å². The molecule has 4 rings (SSSR count). The highest BCUT2D eigenvalue weighted by Gasteiger charge is 2.40. The molecule has 2 aliphatic carbocycles. The van der Waals surface area contributed by atoms with E-state index in [1.165, 1.54) is 44.6 Å². The van der Waals surface area contributed by atoms with Crippen molar-refractivity contribution in [1.29, 1.82) is 0 Å². The summed E-state index contributed by atoms with van der Waals surface area (Å²) in [4.78, 5) is 2.69. The Kier molecular flexibility index (Phi) is 5.02. The molecule has 1 atom stereocenters. The molecule has 1 aliphatic heterocycles. The fraction of sp³-hybridized carbons (Fsp3) is 0.667. The Labute approximate surface area is 143 Å². The van der Waals surface area contributed by atoms with Crippen molar-refractivity contribution in [2.75, 3.05) is 13.7 Å². The first-order valence-corrected chi connectivity index (χ1v) is 8.53. The van der Waals surface area contributed by atoms with Crippen molar-refractivity contribution in [3.8, 4) is 11.5 Å². The SMILES string of the molecule is COc1ccc(F)c2c1CC(N(C1CCC1)C1CCC1)CO2.Cl. The second-order valence-electron chi connectivity index (χ2n) is 6.84. The summed E-state index contributed by atoms with van der Waals surface area (Å²) >= 11 is 0. The zero-order chi connectivity index (χ0) is 15.1. The molecule has 0 aromatic heterocycles. The lowest BCUT2D eigenvalue weighted by atomic mass is 9.82. The van der Waals surface area contributed by atoms with Gasteiger partial charge in [0.2, 0.25) is 0 Å². The van der Waals surface area contributed by atoms with Crippen LogP contribution in [0.5, 0.6) is 11.5 Å². The lowest BCUT2D eigenvalue weighted by molar-refractivity contribution is -0.0196. The van der Waals surface area contributed by atoms with Crippen LogP contribution in [0, 0.1) is 5.82 Å². The van der Waals surface area contributed by atoms with Gasteiger partial charge < -0.3 is 9.47 Å². The summed E-state index contributed by atoms with van der Waals surface area (Å²) in [5, 5.41) is 0. The van der Waals surface area contributed by atoms with Crippen LogP contribution < -0.4 is 9.47 Å². The van der Waals surface area contributed by atoms with Gasteiger partial charge in [0, 0.05) is 23.7 Å². The lowest BCUT2D eigenvalue weighted by Crippen LogP contribution is -2.57. The van der Waals surface area contributed by atoms with E-state index >= 15 is 0 Å². The Hall–Kier alpha value is -1.00. The van der Waals surface area contributed by atoms with Crippen LogP contribution in [0.3, 0.4) is 0 Å². The minimum atomic E-state index is -0.270. The molecule has 1 unspecified atom stereocenters.